The number of nitrogens with zero attached hydrogens (tertiary/aromatic N) is 4. The van der Waals surface area contributed by atoms with Crippen LogP contribution in [0, 0.1) is 17.0 Å². The summed E-state index contributed by atoms with van der Waals surface area (Å²) in [5, 5.41) is 15.4. The van der Waals surface area contributed by atoms with Gasteiger partial charge in [0, 0.05) is 0 Å². The number of carbonyl (C=O) groups is 1. The van der Waals surface area contributed by atoms with Gasteiger partial charge in [0.15, 0.2) is 5.13 Å². The number of hydrogen-bond donors (Lipinski definition) is 3. The molecule has 0 unspecified atom stereocenters. The van der Waals surface area contributed by atoms with Crippen LogP contribution in [0.1, 0.15) is 22.6 Å². The number of hydrogen-bond acceptors (Lipinski definition) is 9. The Bertz CT molecular complexity index is 1540. The Morgan fingerprint density at radius 1 is 0.919 bits per heavy atom. The van der Waals surface area contributed by atoms with E-state index in [1.165, 1.54) is 17.7 Å². The zero-order chi connectivity index (χ0) is 25.8. The maximum Gasteiger partial charge on any atom is 0.355 e. The van der Waals surface area contributed by atoms with Crippen LogP contribution < -0.4 is 16.2 Å². The van der Waals surface area contributed by atoms with Gasteiger partial charge in [-0.05, 0) is 29.7 Å². The summed E-state index contributed by atoms with van der Waals surface area (Å²) >= 11 is 1.35. The van der Waals surface area contributed by atoms with Crippen molar-refractivity contribution in [3.8, 4) is 0 Å². The van der Waals surface area contributed by atoms with Crippen molar-refractivity contribution in [3.63, 3.8) is 0 Å². The molecule has 0 bridgehead atoms. The number of aryl methyl sites for hydroxylation is 1. The van der Waals surface area contributed by atoms with Crippen molar-refractivity contribution in [1.82, 2.24) is 20.4 Å². The van der Waals surface area contributed by atoms with Gasteiger partial charge in [-0.25, -0.2) is 15.0 Å². The molecule has 0 aliphatic carbocycles. The number of nitro groups is 1. The van der Waals surface area contributed by atoms with Gasteiger partial charge in [-0.1, -0.05) is 84.1 Å². The van der Waals surface area contributed by atoms with Gasteiger partial charge in [-0.15, -0.1) is 0 Å². The van der Waals surface area contributed by atoms with E-state index in [0.717, 1.165) is 26.9 Å². The van der Waals surface area contributed by atoms with Crippen LogP contribution >= 0.6 is 11.3 Å². The fraction of sp³-hybridized carbons (Fsp3) is 0.0769. The summed E-state index contributed by atoms with van der Waals surface area (Å²) in [4.78, 5) is 37.3. The Kier molecular flexibility index (Phi) is 6.68. The van der Waals surface area contributed by atoms with Crippen LogP contribution in [0.25, 0.3) is 10.2 Å². The molecule has 3 N–H and O–H groups in total. The maximum absolute atomic E-state index is 13.3. The zero-order valence-corrected chi connectivity index (χ0v) is 20.4. The fourth-order valence-corrected chi connectivity index (χ4v) is 4.90. The van der Waals surface area contributed by atoms with E-state index in [2.05, 4.69) is 31.1 Å². The standard InChI is InChI=1S/C26H21N7O3S/c1-16-9-8-14-19-21(16)29-26(37-19)30-23-22(33(35)36)24(28-15-27-23)31-32-25(34)20(17-10-4-2-5-11-17)18-12-6-3-7-13-18/h2-15,20H,1H3,(H,32,34)(H2,27,28,29,30,31). The predicted molar refractivity (Wildman–Crippen MR) is 143 cm³/mol. The SMILES string of the molecule is Cc1cccc2sc(Nc3ncnc(NNC(=O)C(c4ccccc4)c4ccccc4)c3[N+](=O)[O-])nc12. The first-order valence-corrected chi connectivity index (χ1v) is 12.1. The number of benzene rings is 3. The van der Waals surface area contributed by atoms with E-state index >= 15 is 0 Å². The van der Waals surface area contributed by atoms with Crippen molar-refractivity contribution in [3.05, 3.63) is 112 Å². The Labute approximate surface area is 215 Å². The van der Waals surface area contributed by atoms with Crippen molar-refractivity contribution < 1.29 is 9.72 Å². The molecule has 1 amide bonds. The highest BCUT2D eigenvalue weighted by Crippen LogP contribution is 2.34. The van der Waals surface area contributed by atoms with E-state index < -0.39 is 22.4 Å². The highest BCUT2D eigenvalue weighted by Gasteiger charge is 2.27. The van der Waals surface area contributed by atoms with Crippen LogP contribution in [0.15, 0.2) is 85.2 Å². The van der Waals surface area contributed by atoms with Crippen LogP contribution in [0.4, 0.5) is 22.5 Å². The summed E-state index contributed by atoms with van der Waals surface area (Å²) in [5.41, 5.74) is 8.15. The molecule has 184 valence electrons. The number of amides is 1. The lowest BCUT2D eigenvalue weighted by Crippen LogP contribution is -2.35. The molecule has 0 saturated heterocycles. The molecular weight excluding hydrogens is 490 g/mol. The second kappa shape index (κ2) is 10.4. The molecule has 0 saturated carbocycles. The smallest absolute Gasteiger partial charge is 0.310 e. The van der Waals surface area contributed by atoms with Crippen molar-refractivity contribution >= 4 is 49.9 Å². The number of rotatable bonds is 8. The average molecular weight is 512 g/mol. The van der Waals surface area contributed by atoms with E-state index in [-0.39, 0.29) is 11.6 Å². The molecule has 0 atom stereocenters. The summed E-state index contributed by atoms with van der Waals surface area (Å²) in [6.07, 6.45) is 1.17. The van der Waals surface area contributed by atoms with Crippen LogP contribution in [-0.2, 0) is 4.79 Å². The Morgan fingerprint density at radius 2 is 1.57 bits per heavy atom. The normalized spacial score (nSPS) is 10.9. The molecule has 5 aromatic rings. The summed E-state index contributed by atoms with van der Waals surface area (Å²) in [6, 6.07) is 24.4. The molecular formula is C26H21N7O3S. The molecule has 0 aliphatic rings. The van der Waals surface area contributed by atoms with E-state index in [1.54, 1.807) is 0 Å². The summed E-state index contributed by atoms with van der Waals surface area (Å²) < 4.78 is 0.942. The molecule has 10 nitrogen and oxygen atoms in total. The van der Waals surface area contributed by atoms with Gasteiger partial charge in [-0.3, -0.25) is 25.8 Å². The van der Waals surface area contributed by atoms with Crippen molar-refractivity contribution in [2.45, 2.75) is 12.8 Å². The number of anilines is 3. The van der Waals surface area contributed by atoms with Gasteiger partial charge in [-0.2, -0.15) is 0 Å². The third kappa shape index (κ3) is 5.07. The van der Waals surface area contributed by atoms with Crippen molar-refractivity contribution in [2.24, 2.45) is 0 Å². The van der Waals surface area contributed by atoms with Gasteiger partial charge < -0.3 is 5.32 Å². The van der Waals surface area contributed by atoms with Crippen molar-refractivity contribution in [1.29, 1.82) is 0 Å². The van der Waals surface area contributed by atoms with Crippen LogP contribution in [0.3, 0.4) is 0 Å². The average Bonchev–Trinajstić information content (AvgIpc) is 3.32. The molecule has 37 heavy (non-hydrogen) atoms. The minimum atomic E-state index is -0.639. The highest BCUT2D eigenvalue weighted by atomic mass is 32.1. The Morgan fingerprint density at radius 3 is 2.19 bits per heavy atom. The van der Waals surface area contributed by atoms with Gasteiger partial charge in [0.2, 0.25) is 17.5 Å². The lowest BCUT2D eigenvalue weighted by molar-refractivity contribution is -0.383. The number of para-hydroxylation sites is 1. The minimum Gasteiger partial charge on any atom is -0.310 e. The molecule has 0 radical (unpaired) electrons. The van der Waals surface area contributed by atoms with Gasteiger partial charge in [0.1, 0.15) is 6.33 Å². The van der Waals surface area contributed by atoms with Crippen LogP contribution in [-0.4, -0.2) is 25.8 Å². The topological polar surface area (TPSA) is 135 Å². The predicted octanol–water partition coefficient (Wildman–Crippen LogP) is 5.32. The zero-order valence-electron chi connectivity index (χ0n) is 19.6. The number of carbonyl (C=O) groups excluding carboxylic acids is 1. The van der Waals surface area contributed by atoms with Crippen LogP contribution in [0.2, 0.25) is 0 Å². The van der Waals surface area contributed by atoms with Gasteiger partial charge in [0.05, 0.1) is 21.1 Å². The summed E-state index contributed by atoms with van der Waals surface area (Å²) in [6.45, 7) is 1.95. The van der Waals surface area contributed by atoms with E-state index in [1.807, 2.05) is 85.8 Å². The molecule has 11 heteroatoms. The number of aromatic nitrogens is 3. The fourth-order valence-electron chi connectivity index (χ4n) is 3.95. The third-order valence-electron chi connectivity index (χ3n) is 5.68. The number of hydrazine groups is 1. The molecule has 2 heterocycles. The number of fused-ring (bicyclic) bond motifs is 1. The van der Waals surface area contributed by atoms with E-state index in [9.17, 15) is 14.9 Å². The van der Waals surface area contributed by atoms with Crippen LogP contribution in [0.5, 0.6) is 0 Å². The molecule has 0 aliphatic heterocycles. The molecule has 3 aromatic carbocycles. The van der Waals surface area contributed by atoms with E-state index in [0.29, 0.717) is 5.13 Å². The first kappa shape index (κ1) is 23.8. The van der Waals surface area contributed by atoms with Crippen molar-refractivity contribution in [2.75, 3.05) is 10.7 Å². The van der Waals surface area contributed by atoms with Gasteiger partial charge in [0.25, 0.3) is 0 Å². The molecule has 5 rings (SSSR count). The largest absolute Gasteiger partial charge is 0.355 e. The molecule has 0 spiro atoms. The van der Waals surface area contributed by atoms with E-state index in [4.69, 9.17) is 0 Å². The second-order valence-corrected chi connectivity index (χ2v) is 9.14. The molecule has 0 fully saturated rings. The summed E-state index contributed by atoms with van der Waals surface area (Å²) in [7, 11) is 0. The number of thiazole rings is 1. The Hall–Kier alpha value is -4.90. The van der Waals surface area contributed by atoms with Gasteiger partial charge >= 0.3 is 5.69 Å². The molecule has 2 aromatic heterocycles. The lowest BCUT2D eigenvalue weighted by atomic mass is 9.91. The Balaban J connectivity index is 1.41. The monoisotopic (exact) mass is 511 g/mol. The summed E-state index contributed by atoms with van der Waals surface area (Å²) in [5.74, 6) is -1.25. The minimum absolute atomic E-state index is 0.0453. The second-order valence-electron chi connectivity index (χ2n) is 8.11. The lowest BCUT2D eigenvalue weighted by Gasteiger charge is -2.18. The maximum atomic E-state index is 13.3. The quantitative estimate of drug-likeness (QED) is 0.188. The first-order chi connectivity index (χ1) is 18.0. The highest BCUT2D eigenvalue weighted by molar-refractivity contribution is 7.22. The number of nitrogens with one attached hydrogen (secondary N) is 3. The third-order valence-corrected chi connectivity index (χ3v) is 6.62. The first-order valence-electron chi connectivity index (χ1n) is 11.3.